The van der Waals surface area contributed by atoms with E-state index in [-0.39, 0.29) is 0 Å². The van der Waals surface area contributed by atoms with Crippen LogP contribution in [-0.4, -0.2) is 48.8 Å². The molecule has 4 nitrogen and oxygen atoms in total. The van der Waals surface area contributed by atoms with Gasteiger partial charge in [-0.15, -0.1) is 0 Å². The third kappa shape index (κ3) is 5.10. The van der Waals surface area contributed by atoms with Crippen molar-refractivity contribution in [1.82, 2.24) is 0 Å². The van der Waals surface area contributed by atoms with Crippen molar-refractivity contribution in [1.29, 1.82) is 0 Å². The van der Waals surface area contributed by atoms with Crippen LogP contribution in [0.3, 0.4) is 0 Å². The maximum Gasteiger partial charge on any atom is 0.286 e. The molecule has 0 bridgehead atoms. The molecule has 0 aliphatic carbocycles. The Morgan fingerprint density at radius 2 is 0.963 bits per heavy atom. The highest BCUT2D eigenvalue weighted by Gasteiger charge is 2.41. The lowest BCUT2D eigenvalue weighted by Crippen LogP contribution is -2.69. The number of rotatable bonds is 10. The maximum atomic E-state index is 6.76. The lowest BCUT2D eigenvalue weighted by molar-refractivity contribution is 0.404. The van der Waals surface area contributed by atoms with Crippen LogP contribution in [0, 0.1) is 0 Å². The zero-order valence-corrected chi connectivity index (χ0v) is 22.7. The fourth-order valence-corrected chi connectivity index (χ4v) is 14.1. The van der Waals surface area contributed by atoms with E-state index in [9.17, 15) is 0 Å². The summed E-state index contributed by atoms with van der Waals surface area (Å²) in [6.45, 7) is 0. The molecule has 0 saturated heterocycles. The summed E-state index contributed by atoms with van der Waals surface area (Å²) in [6.07, 6.45) is 0. The predicted molar refractivity (Wildman–Crippen MR) is 124 cm³/mol. The summed E-state index contributed by atoms with van der Waals surface area (Å²) < 4.78 is 23.4. The molecule has 3 aromatic carbocycles. The van der Waals surface area contributed by atoms with Gasteiger partial charge in [0.25, 0.3) is 38.3 Å². The van der Waals surface area contributed by atoms with Crippen LogP contribution < -0.4 is 15.6 Å². The quantitative estimate of drug-likeness (QED) is 0.206. The van der Waals surface area contributed by atoms with E-state index in [1.165, 1.54) is 15.6 Å². The van der Waals surface area contributed by atoms with Crippen molar-refractivity contribution in [3.05, 3.63) is 91.0 Å². The number of hydrogen-bond acceptors (Lipinski definition) is 4. The predicted octanol–water partition coefficient (Wildman–Crippen LogP) is -2.00. The second-order valence-electron chi connectivity index (χ2n) is 5.97. The monoisotopic (exact) mass is 444 g/mol. The Morgan fingerprint density at radius 1 is 0.556 bits per heavy atom. The molecule has 0 fully saturated rings. The minimum atomic E-state index is -2.60. The Kier molecular flexibility index (Phi) is 8.13. The van der Waals surface area contributed by atoms with Crippen molar-refractivity contribution in [3.8, 4) is 0 Å². The van der Waals surface area contributed by atoms with Gasteiger partial charge in [0, 0.05) is 0 Å². The van der Waals surface area contributed by atoms with Gasteiger partial charge in [-0.05, 0) is 15.6 Å². The van der Waals surface area contributed by atoms with Gasteiger partial charge in [0.2, 0.25) is 0 Å². The first kappa shape index (κ1) is 20.3. The van der Waals surface area contributed by atoms with Crippen LogP contribution in [0.15, 0.2) is 91.0 Å². The Hall–Kier alpha value is -1.42. The Bertz CT molecular complexity index is 696. The molecular weight excluding hydrogens is 421 g/mol. The molecule has 0 radical (unpaired) electrons. The van der Waals surface area contributed by atoms with Gasteiger partial charge in [-0.2, -0.15) is 0 Å². The highest BCUT2D eigenvalue weighted by molar-refractivity contribution is 7.08. The van der Waals surface area contributed by atoms with Gasteiger partial charge in [-0.25, -0.2) is 0 Å². The average molecular weight is 445 g/mol. The fourth-order valence-electron chi connectivity index (χ4n) is 3.11. The second-order valence-corrected chi connectivity index (χ2v) is 16.5. The van der Waals surface area contributed by atoms with E-state index in [1.807, 2.05) is 18.2 Å². The molecule has 0 aliphatic heterocycles. The molecule has 0 amide bonds. The van der Waals surface area contributed by atoms with Gasteiger partial charge in [-0.3, -0.25) is 0 Å². The van der Waals surface area contributed by atoms with Crippen molar-refractivity contribution in [3.63, 3.8) is 0 Å². The van der Waals surface area contributed by atoms with Crippen molar-refractivity contribution < 1.29 is 16.5 Å². The molecule has 9 heteroatoms. The van der Waals surface area contributed by atoms with E-state index in [0.29, 0.717) is 0 Å². The lowest BCUT2D eigenvalue weighted by atomic mass is 10.3. The first-order valence-corrected chi connectivity index (χ1v) is 15.0. The summed E-state index contributed by atoms with van der Waals surface area (Å²) in [7, 11) is -4.84. The van der Waals surface area contributed by atoms with E-state index >= 15 is 0 Å². The highest BCUT2D eigenvalue weighted by atomic mass is 28.4. The van der Waals surface area contributed by atoms with Crippen molar-refractivity contribution >= 4 is 64.4 Å². The summed E-state index contributed by atoms with van der Waals surface area (Å²) in [5.74, 6) is 0. The molecule has 0 aromatic heterocycles. The standard InChI is InChI=1S/C18H24O4Si5/c23-19-24-20-25-21-26-22-27(16-10-4-1-5-11-16,17-12-6-2-7-13-17)18-14-8-3-9-15-18/h1-15H,24-26H2,23H3. The molecule has 0 unspecified atom stereocenters. The van der Waals surface area contributed by atoms with E-state index in [1.54, 1.807) is 0 Å². The molecule has 0 N–H and O–H groups in total. The van der Waals surface area contributed by atoms with E-state index in [2.05, 4.69) is 72.8 Å². The van der Waals surface area contributed by atoms with Gasteiger partial charge >= 0.3 is 0 Å². The molecule has 140 valence electrons. The molecule has 3 rings (SSSR count). The van der Waals surface area contributed by atoms with Crippen LogP contribution in [0.4, 0.5) is 0 Å². The van der Waals surface area contributed by atoms with Crippen LogP contribution in [0.5, 0.6) is 0 Å². The minimum Gasteiger partial charge on any atom is -0.449 e. The first-order chi connectivity index (χ1) is 13.4. The number of hydrogen-bond donors (Lipinski definition) is 0. The molecule has 0 aliphatic rings. The largest absolute Gasteiger partial charge is 0.449 e. The van der Waals surface area contributed by atoms with E-state index < -0.39 is 38.3 Å². The van der Waals surface area contributed by atoms with Gasteiger partial charge in [0.1, 0.15) is 10.5 Å². The second kappa shape index (κ2) is 10.8. The summed E-state index contributed by atoms with van der Waals surface area (Å²) in [6, 6.07) is 31.7. The molecule has 0 saturated carbocycles. The smallest absolute Gasteiger partial charge is 0.286 e. The lowest BCUT2D eigenvalue weighted by Gasteiger charge is -2.33. The topological polar surface area (TPSA) is 36.9 Å². The van der Waals surface area contributed by atoms with Crippen LogP contribution in [0.2, 0.25) is 0 Å². The van der Waals surface area contributed by atoms with E-state index in [0.717, 1.165) is 10.5 Å². The third-order valence-corrected chi connectivity index (χ3v) is 13.5. The summed E-state index contributed by atoms with van der Waals surface area (Å²) in [4.78, 5) is 0. The third-order valence-electron chi connectivity index (χ3n) is 4.27. The zero-order valence-electron chi connectivity index (χ0n) is 15.4. The van der Waals surface area contributed by atoms with Crippen molar-refractivity contribution in [2.75, 3.05) is 0 Å². The van der Waals surface area contributed by atoms with Gasteiger partial charge in [0.05, 0.1) is 0 Å². The average Bonchev–Trinajstić information content (AvgIpc) is 2.75. The van der Waals surface area contributed by atoms with Crippen LogP contribution in [0.1, 0.15) is 0 Å². The highest BCUT2D eigenvalue weighted by Crippen LogP contribution is 2.09. The van der Waals surface area contributed by atoms with Crippen molar-refractivity contribution in [2.24, 2.45) is 0 Å². The first-order valence-electron chi connectivity index (χ1n) is 8.83. The Balaban J connectivity index is 1.98. The van der Waals surface area contributed by atoms with Gasteiger partial charge in [0.15, 0.2) is 0 Å². The van der Waals surface area contributed by atoms with E-state index in [4.69, 9.17) is 16.5 Å². The van der Waals surface area contributed by atoms with Gasteiger partial charge in [-0.1, -0.05) is 91.0 Å². The fraction of sp³-hybridized carbons (Fsp3) is 0. The molecule has 3 aromatic rings. The van der Waals surface area contributed by atoms with Crippen LogP contribution >= 0.6 is 0 Å². The van der Waals surface area contributed by atoms with Crippen LogP contribution in [0.25, 0.3) is 0 Å². The summed E-state index contributed by atoms with van der Waals surface area (Å²) >= 11 is 0. The minimum absolute atomic E-state index is 0.741. The normalized spacial score (nSPS) is 12.9. The Labute approximate surface area is 171 Å². The number of benzene rings is 3. The molecule has 0 spiro atoms. The SMILES string of the molecule is [SiH3]O[SiH2]O[SiH2]O[SiH2]O[Si](c1ccccc1)(c1ccccc1)c1ccccc1. The summed E-state index contributed by atoms with van der Waals surface area (Å²) in [5, 5.41) is 3.70. The Morgan fingerprint density at radius 3 is 1.37 bits per heavy atom. The zero-order chi connectivity index (χ0) is 18.8. The maximum absolute atomic E-state index is 6.76. The molecule has 0 atom stereocenters. The van der Waals surface area contributed by atoms with Gasteiger partial charge < -0.3 is 16.5 Å². The molecule has 0 heterocycles. The molecule has 27 heavy (non-hydrogen) atoms. The molecular formula is C18H24O4Si5. The van der Waals surface area contributed by atoms with Crippen LogP contribution in [-0.2, 0) is 16.5 Å². The van der Waals surface area contributed by atoms with Crippen molar-refractivity contribution in [2.45, 2.75) is 0 Å². The summed E-state index contributed by atoms with van der Waals surface area (Å²) in [5.41, 5.74) is 0.